The Kier molecular flexibility index (Phi) is 5.85. The van der Waals surface area contributed by atoms with E-state index >= 15 is 0 Å². The highest BCUT2D eigenvalue weighted by Crippen LogP contribution is 2.24. The third kappa shape index (κ3) is 4.10. The van der Waals surface area contributed by atoms with Crippen LogP contribution in [0.2, 0.25) is 5.02 Å². The molecule has 1 amide bonds. The maximum Gasteiger partial charge on any atom is 0.274 e. The molecule has 0 aliphatic carbocycles. The molecule has 2 rings (SSSR count). The number of carbonyl (C=O) groups is 1. The van der Waals surface area contributed by atoms with Gasteiger partial charge in [-0.1, -0.05) is 31.9 Å². The number of nitrogens with one attached hydrogen (secondary N) is 1. The Balaban J connectivity index is 2.07. The Morgan fingerprint density at radius 3 is 2.71 bits per heavy atom. The minimum Gasteiger partial charge on any atom is -0.370 e. The number of halogens is 1. The van der Waals surface area contributed by atoms with Crippen LogP contribution in [-0.4, -0.2) is 35.4 Å². The lowest BCUT2D eigenvalue weighted by atomic mass is 9.94. The quantitative estimate of drug-likeness (QED) is 0.899. The van der Waals surface area contributed by atoms with Crippen molar-refractivity contribution in [3.05, 3.63) is 22.8 Å². The fraction of sp³-hybridized carbons (Fsp3) is 0.625. The monoisotopic (exact) mass is 309 g/mol. The predicted octanol–water partition coefficient (Wildman–Crippen LogP) is 3.82. The lowest BCUT2D eigenvalue weighted by Crippen LogP contribution is -2.38. The normalized spacial score (nSPS) is 16.0. The highest BCUT2D eigenvalue weighted by atomic mass is 35.5. The molecule has 1 saturated heterocycles. The number of nitrogens with zero attached hydrogens (tertiary/aromatic N) is 2. The van der Waals surface area contributed by atoms with Crippen molar-refractivity contribution in [3.63, 3.8) is 0 Å². The summed E-state index contributed by atoms with van der Waals surface area (Å²) >= 11 is 6.16. The van der Waals surface area contributed by atoms with E-state index in [0.717, 1.165) is 44.8 Å². The van der Waals surface area contributed by atoms with Gasteiger partial charge in [0.2, 0.25) is 0 Å². The number of amides is 1. The average Bonchev–Trinajstić information content (AvgIpc) is 2.53. The van der Waals surface area contributed by atoms with E-state index in [1.165, 1.54) is 6.42 Å². The standard InChI is InChI=1S/C16H24ClN3O/c1-3-9-18-14-6-5-13(17)15(19-14)16(21)20-10-7-12(4-2)8-11-20/h5-6,12H,3-4,7-11H2,1-2H3,(H,18,19). The van der Waals surface area contributed by atoms with Gasteiger partial charge >= 0.3 is 0 Å². The Morgan fingerprint density at radius 2 is 2.10 bits per heavy atom. The van der Waals surface area contributed by atoms with E-state index < -0.39 is 0 Å². The Labute approximate surface area is 131 Å². The van der Waals surface area contributed by atoms with Crippen molar-refractivity contribution in [3.8, 4) is 0 Å². The van der Waals surface area contributed by atoms with Crippen LogP contribution in [0.5, 0.6) is 0 Å². The number of anilines is 1. The number of hydrogen-bond donors (Lipinski definition) is 1. The van der Waals surface area contributed by atoms with E-state index in [9.17, 15) is 4.79 Å². The second-order valence-electron chi connectivity index (χ2n) is 5.60. The number of carbonyl (C=O) groups excluding carboxylic acids is 1. The smallest absolute Gasteiger partial charge is 0.274 e. The van der Waals surface area contributed by atoms with Crippen LogP contribution in [0.3, 0.4) is 0 Å². The molecule has 4 nitrogen and oxygen atoms in total. The van der Waals surface area contributed by atoms with Crippen molar-refractivity contribution in [2.75, 3.05) is 25.0 Å². The van der Waals surface area contributed by atoms with Crippen LogP contribution in [0, 0.1) is 5.92 Å². The first-order valence-corrected chi connectivity index (χ1v) is 8.23. The van der Waals surface area contributed by atoms with Gasteiger partial charge in [0.1, 0.15) is 11.5 Å². The van der Waals surface area contributed by atoms with Gasteiger partial charge in [-0.3, -0.25) is 4.79 Å². The zero-order valence-electron chi connectivity index (χ0n) is 12.9. The predicted molar refractivity (Wildman–Crippen MR) is 86.9 cm³/mol. The largest absolute Gasteiger partial charge is 0.370 e. The van der Waals surface area contributed by atoms with Crippen LogP contribution in [0.4, 0.5) is 5.82 Å². The first-order chi connectivity index (χ1) is 10.2. The molecule has 0 unspecified atom stereocenters. The summed E-state index contributed by atoms with van der Waals surface area (Å²) in [5.74, 6) is 1.41. The number of likely N-dealkylation sites (tertiary alicyclic amines) is 1. The minimum atomic E-state index is -0.0466. The topological polar surface area (TPSA) is 45.2 Å². The summed E-state index contributed by atoms with van der Waals surface area (Å²) in [5.41, 5.74) is 0.368. The van der Waals surface area contributed by atoms with Gasteiger partial charge in [0.05, 0.1) is 5.02 Å². The number of rotatable bonds is 5. The lowest BCUT2D eigenvalue weighted by molar-refractivity contribution is 0.0683. The van der Waals surface area contributed by atoms with Crippen LogP contribution in [-0.2, 0) is 0 Å². The molecule has 0 aromatic carbocycles. The molecule has 1 aliphatic heterocycles. The molecule has 116 valence electrons. The highest BCUT2D eigenvalue weighted by molar-refractivity contribution is 6.33. The summed E-state index contributed by atoms with van der Waals surface area (Å²) in [6.07, 6.45) is 4.36. The zero-order valence-corrected chi connectivity index (χ0v) is 13.6. The van der Waals surface area contributed by atoms with Crippen molar-refractivity contribution < 1.29 is 4.79 Å². The van der Waals surface area contributed by atoms with E-state index in [2.05, 4.69) is 24.1 Å². The van der Waals surface area contributed by atoms with Gasteiger partial charge in [0.25, 0.3) is 5.91 Å². The van der Waals surface area contributed by atoms with Crippen LogP contribution < -0.4 is 5.32 Å². The van der Waals surface area contributed by atoms with Gasteiger partial charge in [0.15, 0.2) is 0 Å². The molecular formula is C16H24ClN3O. The summed E-state index contributed by atoms with van der Waals surface area (Å²) in [7, 11) is 0. The molecule has 0 radical (unpaired) electrons. The summed E-state index contributed by atoms with van der Waals surface area (Å²) in [5, 5.41) is 3.63. The van der Waals surface area contributed by atoms with Crippen molar-refractivity contribution in [1.29, 1.82) is 0 Å². The highest BCUT2D eigenvalue weighted by Gasteiger charge is 2.25. The summed E-state index contributed by atoms with van der Waals surface area (Å²) in [6, 6.07) is 3.57. The molecule has 1 fully saturated rings. The first kappa shape index (κ1) is 16.1. The van der Waals surface area contributed by atoms with Crippen LogP contribution in [0.25, 0.3) is 0 Å². The molecule has 1 aliphatic rings. The molecule has 0 spiro atoms. The fourth-order valence-electron chi connectivity index (χ4n) is 2.64. The third-order valence-electron chi connectivity index (χ3n) is 4.08. The molecule has 21 heavy (non-hydrogen) atoms. The molecule has 1 aromatic rings. The first-order valence-electron chi connectivity index (χ1n) is 7.85. The number of aromatic nitrogens is 1. The molecule has 2 heterocycles. The molecule has 5 heteroatoms. The maximum atomic E-state index is 12.6. The Hall–Kier alpha value is -1.29. The number of piperidine rings is 1. The van der Waals surface area contributed by atoms with Crippen LogP contribution >= 0.6 is 11.6 Å². The van der Waals surface area contributed by atoms with E-state index in [1.807, 2.05) is 11.0 Å². The van der Waals surface area contributed by atoms with E-state index in [0.29, 0.717) is 16.5 Å². The van der Waals surface area contributed by atoms with E-state index in [1.54, 1.807) is 6.07 Å². The molecule has 0 atom stereocenters. The average molecular weight is 310 g/mol. The van der Waals surface area contributed by atoms with Crippen molar-refractivity contribution >= 4 is 23.3 Å². The van der Waals surface area contributed by atoms with Gasteiger partial charge in [-0.05, 0) is 37.3 Å². The van der Waals surface area contributed by atoms with Gasteiger partial charge in [-0.15, -0.1) is 0 Å². The third-order valence-corrected chi connectivity index (χ3v) is 4.39. The molecule has 1 aromatic heterocycles. The maximum absolute atomic E-state index is 12.6. The van der Waals surface area contributed by atoms with Crippen LogP contribution in [0.15, 0.2) is 12.1 Å². The van der Waals surface area contributed by atoms with Gasteiger partial charge in [0, 0.05) is 19.6 Å². The number of hydrogen-bond acceptors (Lipinski definition) is 3. The van der Waals surface area contributed by atoms with Crippen molar-refractivity contribution in [2.24, 2.45) is 5.92 Å². The summed E-state index contributed by atoms with van der Waals surface area (Å²) in [4.78, 5) is 18.9. The number of pyridine rings is 1. The van der Waals surface area contributed by atoms with Crippen molar-refractivity contribution in [1.82, 2.24) is 9.88 Å². The summed E-state index contributed by atoms with van der Waals surface area (Å²) < 4.78 is 0. The van der Waals surface area contributed by atoms with Gasteiger partial charge in [-0.2, -0.15) is 0 Å². The second kappa shape index (κ2) is 7.64. The molecule has 0 bridgehead atoms. The Morgan fingerprint density at radius 1 is 1.38 bits per heavy atom. The van der Waals surface area contributed by atoms with E-state index in [-0.39, 0.29) is 5.91 Å². The second-order valence-corrected chi connectivity index (χ2v) is 6.00. The Bertz CT molecular complexity index is 484. The SMILES string of the molecule is CCCNc1ccc(Cl)c(C(=O)N2CCC(CC)CC2)n1. The van der Waals surface area contributed by atoms with Gasteiger partial charge in [-0.25, -0.2) is 4.98 Å². The summed E-state index contributed by atoms with van der Waals surface area (Å²) in [6.45, 7) is 6.75. The molecule has 1 N–H and O–H groups in total. The molecule has 0 saturated carbocycles. The van der Waals surface area contributed by atoms with Crippen LogP contribution in [0.1, 0.15) is 50.0 Å². The fourth-order valence-corrected chi connectivity index (χ4v) is 2.82. The lowest BCUT2D eigenvalue weighted by Gasteiger charge is -2.31. The minimum absolute atomic E-state index is 0.0466. The molecular weight excluding hydrogens is 286 g/mol. The zero-order chi connectivity index (χ0) is 15.2. The van der Waals surface area contributed by atoms with E-state index in [4.69, 9.17) is 11.6 Å². The van der Waals surface area contributed by atoms with Crippen molar-refractivity contribution in [2.45, 2.75) is 39.5 Å². The van der Waals surface area contributed by atoms with Gasteiger partial charge < -0.3 is 10.2 Å².